The highest BCUT2D eigenvalue weighted by atomic mass is 16.5. The average Bonchev–Trinajstić information content (AvgIpc) is 2.46. The first-order chi connectivity index (χ1) is 9.15. The van der Waals surface area contributed by atoms with Crippen molar-refractivity contribution in [2.75, 3.05) is 14.2 Å². The molecule has 0 amide bonds. The SMILES string of the molecule is COc1ccc(-c2ccc(C(=O)O)c(OC)c2)cc1. The van der Waals surface area contributed by atoms with E-state index in [1.165, 1.54) is 7.11 Å². The molecule has 0 radical (unpaired) electrons. The molecule has 0 saturated carbocycles. The van der Waals surface area contributed by atoms with Crippen LogP contribution in [-0.2, 0) is 0 Å². The molecule has 0 fully saturated rings. The summed E-state index contributed by atoms with van der Waals surface area (Å²) < 4.78 is 10.2. The number of methoxy groups -OCH3 is 2. The van der Waals surface area contributed by atoms with Crippen molar-refractivity contribution in [3.63, 3.8) is 0 Å². The third-order valence-electron chi connectivity index (χ3n) is 2.86. The lowest BCUT2D eigenvalue weighted by Crippen LogP contribution is -2.00. The van der Waals surface area contributed by atoms with Gasteiger partial charge in [0.15, 0.2) is 0 Å². The lowest BCUT2D eigenvalue weighted by Gasteiger charge is -2.08. The second kappa shape index (κ2) is 5.44. The maximum absolute atomic E-state index is 11.0. The van der Waals surface area contributed by atoms with E-state index >= 15 is 0 Å². The molecule has 2 aromatic carbocycles. The molecule has 0 bridgehead atoms. The van der Waals surface area contributed by atoms with Crippen molar-refractivity contribution in [3.05, 3.63) is 48.0 Å². The fraction of sp³-hybridized carbons (Fsp3) is 0.133. The molecule has 0 aliphatic carbocycles. The highest BCUT2D eigenvalue weighted by Crippen LogP contribution is 2.28. The van der Waals surface area contributed by atoms with E-state index in [9.17, 15) is 4.79 Å². The van der Waals surface area contributed by atoms with E-state index in [1.807, 2.05) is 24.3 Å². The maximum atomic E-state index is 11.0. The van der Waals surface area contributed by atoms with Gasteiger partial charge in [-0.05, 0) is 35.4 Å². The third kappa shape index (κ3) is 2.68. The number of ether oxygens (including phenoxy) is 2. The second-order valence-corrected chi connectivity index (χ2v) is 3.95. The molecule has 0 spiro atoms. The summed E-state index contributed by atoms with van der Waals surface area (Å²) >= 11 is 0. The molecule has 0 aliphatic heterocycles. The van der Waals surface area contributed by atoms with Crippen LogP contribution in [0.5, 0.6) is 11.5 Å². The van der Waals surface area contributed by atoms with Gasteiger partial charge in [-0.15, -0.1) is 0 Å². The first-order valence-corrected chi connectivity index (χ1v) is 5.71. The summed E-state index contributed by atoms with van der Waals surface area (Å²) in [6.07, 6.45) is 0. The van der Waals surface area contributed by atoms with E-state index in [0.717, 1.165) is 16.9 Å². The molecule has 2 rings (SSSR count). The molecule has 1 N–H and O–H groups in total. The minimum absolute atomic E-state index is 0.153. The number of carboxylic acids is 1. The topological polar surface area (TPSA) is 55.8 Å². The van der Waals surface area contributed by atoms with E-state index in [2.05, 4.69) is 0 Å². The van der Waals surface area contributed by atoms with Crippen molar-refractivity contribution in [3.8, 4) is 22.6 Å². The lowest BCUT2D eigenvalue weighted by atomic mass is 10.0. The molecule has 2 aromatic rings. The Morgan fingerprint density at radius 3 is 2.11 bits per heavy atom. The van der Waals surface area contributed by atoms with Crippen LogP contribution in [0.4, 0.5) is 0 Å². The third-order valence-corrected chi connectivity index (χ3v) is 2.86. The zero-order chi connectivity index (χ0) is 13.8. The van der Waals surface area contributed by atoms with Crippen LogP contribution < -0.4 is 9.47 Å². The molecule has 0 heterocycles. The van der Waals surface area contributed by atoms with Gasteiger partial charge in [0.2, 0.25) is 0 Å². The van der Waals surface area contributed by atoms with Crippen LogP contribution in [0.2, 0.25) is 0 Å². The molecule has 0 aromatic heterocycles. The Bertz CT molecular complexity index is 588. The Morgan fingerprint density at radius 2 is 1.58 bits per heavy atom. The van der Waals surface area contributed by atoms with E-state index in [4.69, 9.17) is 14.6 Å². The van der Waals surface area contributed by atoms with Gasteiger partial charge >= 0.3 is 5.97 Å². The predicted molar refractivity (Wildman–Crippen MR) is 71.9 cm³/mol. The van der Waals surface area contributed by atoms with Gasteiger partial charge in [0.1, 0.15) is 17.1 Å². The number of carbonyl (C=O) groups is 1. The van der Waals surface area contributed by atoms with Gasteiger partial charge in [-0.2, -0.15) is 0 Å². The van der Waals surface area contributed by atoms with E-state index in [-0.39, 0.29) is 5.56 Å². The Hall–Kier alpha value is -2.49. The van der Waals surface area contributed by atoms with Gasteiger partial charge < -0.3 is 14.6 Å². The molecule has 0 aliphatic rings. The quantitative estimate of drug-likeness (QED) is 0.915. The lowest BCUT2D eigenvalue weighted by molar-refractivity contribution is 0.0693. The molecule has 4 heteroatoms. The first kappa shape index (κ1) is 13.0. The Kier molecular flexibility index (Phi) is 3.71. The van der Waals surface area contributed by atoms with Crippen LogP contribution in [0.15, 0.2) is 42.5 Å². The van der Waals surface area contributed by atoms with Gasteiger partial charge in [-0.25, -0.2) is 4.79 Å². The summed E-state index contributed by atoms with van der Waals surface area (Å²) in [5, 5.41) is 9.03. The molecule has 4 nitrogen and oxygen atoms in total. The van der Waals surface area contributed by atoms with E-state index in [1.54, 1.807) is 25.3 Å². The van der Waals surface area contributed by atoms with Crippen LogP contribution in [0.25, 0.3) is 11.1 Å². The predicted octanol–water partition coefficient (Wildman–Crippen LogP) is 3.07. The summed E-state index contributed by atoms with van der Waals surface area (Å²) in [6.45, 7) is 0. The van der Waals surface area contributed by atoms with E-state index < -0.39 is 5.97 Å². The van der Waals surface area contributed by atoms with Crippen LogP contribution in [0.3, 0.4) is 0 Å². The molecular formula is C15H14O4. The van der Waals surface area contributed by atoms with Crippen molar-refractivity contribution in [2.24, 2.45) is 0 Å². The zero-order valence-electron chi connectivity index (χ0n) is 10.7. The average molecular weight is 258 g/mol. The van der Waals surface area contributed by atoms with Gasteiger partial charge in [0, 0.05) is 0 Å². The smallest absolute Gasteiger partial charge is 0.339 e. The van der Waals surface area contributed by atoms with Crippen molar-refractivity contribution in [2.45, 2.75) is 0 Å². The Balaban J connectivity index is 2.42. The standard InChI is InChI=1S/C15H14O4/c1-18-12-6-3-10(4-7-12)11-5-8-13(15(16)17)14(9-11)19-2/h3-9H,1-2H3,(H,16,17). The summed E-state index contributed by atoms with van der Waals surface area (Å²) in [7, 11) is 3.07. The van der Waals surface area contributed by atoms with Crippen molar-refractivity contribution in [1.29, 1.82) is 0 Å². The summed E-state index contributed by atoms with van der Waals surface area (Å²) in [6, 6.07) is 12.5. The Morgan fingerprint density at radius 1 is 0.947 bits per heavy atom. The fourth-order valence-electron chi connectivity index (χ4n) is 1.83. The van der Waals surface area contributed by atoms with E-state index in [0.29, 0.717) is 5.75 Å². The maximum Gasteiger partial charge on any atom is 0.339 e. The number of carboxylic acid groups (broad SMARTS) is 1. The molecule has 19 heavy (non-hydrogen) atoms. The minimum atomic E-state index is -1.00. The number of benzene rings is 2. The number of aromatic carboxylic acids is 1. The highest BCUT2D eigenvalue weighted by Gasteiger charge is 2.11. The van der Waals surface area contributed by atoms with Crippen LogP contribution in [0.1, 0.15) is 10.4 Å². The summed E-state index contributed by atoms with van der Waals surface area (Å²) in [5.74, 6) is 0.122. The van der Waals surface area contributed by atoms with Crippen LogP contribution >= 0.6 is 0 Å². The number of hydrogen-bond donors (Lipinski definition) is 1. The first-order valence-electron chi connectivity index (χ1n) is 5.71. The number of rotatable bonds is 4. The molecular weight excluding hydrogens is 244 g/mol. The number of hydrogen-bond acceptors (Lipinski definition) is 3. The van der Waals surface area contributed by atoms with Gasteiger partial charge in [0.05, 0.1) is 14.2 Å². The minimum Gasteiger partial charge on any atom is -0.497 e. The monoisotopic (exact) mass is 258 g/mol. The normalized spacial score (nSPS) is 10.0. The highest BCUT2D eigenvalue weighted by molar-refractivity contribution is 5.92. The zero-order valence-corrected chi connectivity index (χ0v) is 10.7. The largest absolute Gasteiger partial charge is 0.497 e. The molecule has 98 valence electrons. The van der Waals surface area contributed by atoms with Crippen molar-refractivity contribution < 1.29 is 19.4 Å². The van der Waals surface area contributed by atoms with Crippen molar-refractivity contribution >= 4 is 5.97 Å². The molecule has 0 atom stereocenters. The molecule has 0 saturated heterocycles. The van der Waals surface area contributed by atoms with Gasteiger partial charge in [0.25, 0.3) is 0 Å². The van der Waals surface area contributed by atoms with Gasteiger partial charge in [-0.3, -0.25) is 0 Å². The molecule has 0 unspecified atom stereocenters. The summed E-state index contributed by atoms with van der Waals surface area (Å²) in [5.41, 5.74) is 2.01. The summed E-state index contributed by atoms with van der Waals surface area (Å²) in [4.78, 5) is 11.0. The second-order valence-electron chi connectivity index (χ2n) is 3.95. The van der Waals surface area contributed by atoms with Crippen molar-refractivity contribution in [1.82, 2.24) is 0 Å². The fourth-order valence-corrected chi connectivity index (χ4v) is 1.83. The Labute approximate surface area is 111 Å². The van der Waals surface area contributed by atoms with Crippen LogP contribution in [0, 0.1) is 0 Å². The van der Waals surface area contributed by atoms with Gasteiger partial charge in [-0.1, -0.05) is 18.2 Å². The van der Waals surface area contributed by atoms with Crippen LogP contribution in [-0.4, -0.2) is 25.3 Å².